The van der Waals surface area contributed by atoms with Crippen molar-refractivity contribution in [3.8, 4) is 0 Å². The fourth-order valence-electron chi connectivity index (χ4n) is 2.19. The molecule has 1 saturated heterocycles. The maximum atomic E-state index is 14.1. The summed E-state index contributed by atoms with van der Waals surface area (Å²) in [6, 6.07) is 4.75. The van der Waals surface area contributed by atoms with E-state index in [0.717, 1.165) is 31.1 Å². The molecule has 2 unspecified atom stereocenters. The zero-order valence-electron chi connectivity index (χ0n) is 11.0. The SMILES string of the molecule is CCCNC(c1ccc(Cl)cc1F)C1CSCCO1. The van der Waals surface area contributed by atoms with Gasteiger partial charge in [-0.25, -0.2) is 4.39 Å². The molecule has 1 aliphatic rings. The lowest BCUT2D eigenvalue weighted by atomic mass is 10.0. The first-order valence-electron chi connectivity index (χ1n) is 6.60. The second-order valence-electron chi connectivity index (χ2n) is 4.58. The van der Waals surface area contributed by atoms with Crippen LogP contribution < -0.4 is 5.32 Å². The molecule has 106 valence electrons. The predicted molar refractivity (Wildman–Crippen MR) is 79.5 cm³/mol. The van der Waals surface area contributed by atoms with Gasteiger partial charge in [-0.15, -0.1) is 0 Å². The third kappa shape index (κ3) is 4.09. The van der Waals surface area contributed by atoms with Crippen LogP contribution in [-0.2, 0) is 4.74 Å². The minimum absolute atomic E-state index is 0.0148. The van der Waals surface area contributed by atoms with Crippen molar-refractivity contribution in [2.75, 3.05) is 24.7 Å². The summed E-state index contributed by atoms with van der Waals surface area (Å²) >= 11 is 7.67. The summed E-state index contributed by atoms with van der Waals surface area (Å²) in [6.07, 6.45) is 1.02. The molecule has 5 heteroatoms. The van der Waals surface area contributed by atoms with Crippen LogP contribution in [0.2, 0.25) is 5.02 Å². The highest BCUT2D eigenvalue weighted by Gasteiger charge is 2.27. The number of halogens is 2. The average molecular weight is 304 g/mol. The zero-order chi connectivity index (χ0) is 13.7. The molecule has 1 aromatic carbocycles. The fourth-order valence-corrected chi connectivity index (χ4v) is 3.25. The van der Waals surface area contributed by atoms with Crippen LogP contribution >= 0.6 is 23.4 Å². The Kier molecular flexibility index (Phi) is 5.95. The Labute approximate surface area is 123 Å². The normalized spacial score (nSPS) is 21.3. The van der Waals surface area contributed by atoms with Crippen LogP contribution in [0.15, 0.2) is 18.2 Å². The Hall–Kier alpha value is -0.290. The first-order chi connectivity index (χ1) is 9.22. The quantitative estimate of drug-likeness (QED) is 0.897. The van der Waals surface area contributed by atoms with E-state index in [1.54, 1.807) is 12.1 Å². The number of ether oxygens (including phenoxy) is 1. The molecule has 2 atom stereocenters. The maximum absolute atomic E-state index is 14.1. The Balaban J connectivity index is 2.19. The van der Waals surface area contributed by atoms with Crippen LogP contribution in [0.5, 0.6) is 0 Å². The topological polar surface area (TPSA) is 21.3 Å². The van der Waals surface area contributed by atoms with Gasteiger partial charge >= 0.3 is 0 Å². The number of rotatable bonds is 5. The molecule has 0 bridgehead atoms. The van der Waals surface area contributed by atoms with Crippen LogP contribution in [0.25, 0.3) is 0 Å². The molecular weight excluding hydrogens is 285 g/mol. The Bertz CT molecular complexity index is 412. The summed E-state index contributed by atoms with van der Waals surface area (Å²) in [4.78, 5) is 0. The molecular formula is C14H19ClFNOS. The van der Waals surface area contributed by atoms with Gasteiger partial charge in [0.1, 0.15) is 5.82 Å². The number of benzene rings is 1. The molecule has 19 heavy (non-hydrogen) atoms. The van der Waals surface area contributed by atoms with Crippen LogP contribution in [0.3, 0.4) is 0 Å². The fraction of sp³-hybridized carbons (Fsp3) is 0.571. The van der Waals surface area contributed by atoms with Crippen LogP contribution in [-0.4, -0.2) is 30.8 Å². The number of hydrogen-bond donors (Lipinski definition) is 1. The second-order valence-corrected chi connectivity index (χ2v) is 6.17. The van der Waals surface area contributed by atoms with Gasteiger partial charge in [0.05, 0.1) is 18.8 Å². The van der Waals surface area contributed by atoms with Gasteiger partial charge in [-0.3, -0.25) is 0 Å². The van der Waals surface area contributed by atoms with Crippen molar-refractivity contribution in [3.63, 3.8) is 0 Å². The number of thioether (sulfide) groups is 1. The van der Waals surface area contributed by atoms with E-state index in [1.165, 1.54) is 6.07 Å². The van der Waals surface area contributed by atoms with Crippen LogP contribution in [0, 0.1) is 5.82 Å². The molecule has 2 rings (SSSR count). The van der Waals surface area contributed by atoms with E-state index in [9.17, 15) is 4.39 Å². The highest BCUT2D eigenvalue weighted by atomic mass is 35.5. The zero-order valence-corrected chi connectivity index (χ0v) is 12.6. The first kappa shape index (κ1) is 15.1. The van der Waals surface area contributed by atoms with Crippen molar-refractivity contribution in [2.45, 2.75) is 25.5 Å². The Morgan fingerprint density at radius 1 is 1.58 bits per heavy atom. The van der Waals surface area contributed by atoms with Crippen molar-refractivity contribution >= 4 is 23.4 Å². The molecule has 0 spiro atoms. The van der Waals surface area contributed by atoms with E-state index in [2.05, 4.69) is 12.2 Å². The molecule has 1 heterocycles. The molecule has 0 saturated carbocycles. The predicted octanol–water partition coefficient (Wildman–Crippen LogP) is 3.65. The van der Waals surface area contributed by atoms with Crippen molar-refractivity contribution in [2.24, 2.45) is 0 Å². The van der Waals surface area contributed by atoms with Crippen molar-refractivity contribution in [3.05, 3.63) is 34.6 Å². The molecule has 0 aliphatic carbocycles. The largest absolute Gasteiger partial charge is 0.375 e. The third-order valence-corrected chi connectivity index (χ3v) is 4.38. The highest BCUT2D eigenvalue weighted by molar-refractivity contribution is 7.99. The second kappa shape index (κ2) is 7.48. The summed E-state index contributed by atoms with van der Waals surface area (Å²) in [7, 11) is 0. The van der Waals surface area contributed by atoms with Crippen molar-refractivity contribution < 1.29 is 9.13 Å². The van der Waals surface area contributed by atoms with Gasteiger partial charge in [0.25, 0.3) is 0 Å². The molecule has 1 fully saturated rings. The van der Waals surface area contributed by atoms with Crippen LogP contribution in [0.4, 0.5) is 4.39 Å². The Morgan fingerprint density at radius 3 is 3.05 bits per heavy atom. The van der Waals surface area contributed by atoms with Crippen molar-refractivity contribution in [1.29, 1.82) is 0 Å². The minimum Gasteiger partial charge on any atom is -0.375 e. The molecule has 1 N–H and O–H groups in total. The molecule has 0 aromatic heterocycles. The molecule has 0 amide bonds. The van der Waals surface area contributed by atoms with Crippen LogP contribution in [0.1, 0.15) is 24.9 Å². The van der Waals surface area contributed by atoms with E-state index < -0.39 is 0 Å². The summed E-state index contributed by atoms with van der Waals surface area (Å²) < 4.78 is 19.9. The van der Waals surface area contributed by atoms with Gasteiger partial charge in [-0.2, -0.15) is 11.8 Å². The number of hydrogen-bond acceptors (Lipinski definition) is 3. The van der Waals surface area contributed by atoms with Gasteiger partial charge < -0.3 is 10.1 Å². The van der Waals surface area contributed by atoms with Gasteiger partial charge in [-0.05, 0) is 25.1 Å². The van der Waals surface area contributed by atoms with Gasteiger partial charge in [0.15, 0.2) is 0 Å². The number of nitrogens with one attached hydrogen (secondary N) is 1. The minimum atomic E-state index is -0.264. The van der Waals surface area contributed by atoms with E-state index >= 15 is 0 Å². The Morgan fingerprint density at radius 2 is 2.42 bits per heavy atom. The third-order valence-electron chi connectivity index (χ3n) is 3.13. The van der Waals surface area contributed by atoms with E-state index in [1.807, 2.05) is 11.8 Å². The highest BCUT2D eigenvalue weighted by Crippen LogP contribution is 2.28. The smallest absolute Gasteiger partial charge is 0.129 e. The molecule has 0 radical (unpaired) electrons. The van der Waals surface area contributed by atoms with Gasteiger partial charge in [0.2, 0.25) is 0 Å². The summed E-state index contributed by atoms with van der Waals surface area (Å²) in [5, 5.41) is 3.82. The summed E-state index contributed by atoms with van der Waals surface area (Å²) in [5.74, 6) is 1.64. The van der Waals surface area contributed by atoms with Gasteiger partial charge in [0, 0.05) is 22.1 Å². The standard InChI is InChI=1S/C14H19ClFNOS/c1-2-5-17-14(13-9-19-7-6-18-13)11-4-3-10(15)8-12(11)16/h3-4,8,13-14,17H,2,5-7,9H2,1H3. The molecule has 2 nitrogen and oxygen atoms in total. The lowest BCUT2D eigenvalue weighted by molar-refractivity contribution is 0.0458. The van der Waals surface area contributed by atoms with E-state index in [-0.39, 0.29) is 18.0 Å². The van der Waals surface area contributed by atoms with Gasteiger partial charge in [-0.1, -0.05) is 24.6 Å². The summed E-state index contributed by atoms with van der Waals surface area (Å²) in [6.45, 7) is 3.67. The molecule has 1 aliphatic heterocycles. The summed E-state index contributed by atoms with van der Waals surface area (Å²) in [5.41, 5.74) is 0.644. The first-order valence-corrected chi connectivity index (χ1v) is 8.13. The maximum Gasteiger partial charge on any atom is 0.129 e. The lowest BCUT2D eigenvalue weighted by Gasteiger charge is -2.31. The van der Waals surface area contributed by atoms with Crippen molar-refractivity contribution in [1.82, 2.24) is 5.32 Å². The average Bonchev–Trinajstić information content (AvgIpc) is 2.42. The van der Waals surface area contributed by atoms with E-state index in [0.29, 0.717) is 10.6 Å². The van der Waals surface area contributed by atoms with E-state index in [4.69, 9.17) is 16.3 Å². The monoisotopic (exact) mass is 303 g/mol. The molecule has 1 aromatic rings. The lowest BCUT2D eigenvalue weighted by Crippen LogP contribution is -2.39.